The Morgan fingerprint density at radius 1 is 1.29 bits per heavy atom. The van der Waals surface area contributed by atoms with Crippen LogP contribution in [0.5, 0.6) is 0 Å². The van der Waals surface area contributed by atoms with Gasteiger partial charge >= 0.3 is 0 Å². The second kappa shape index (κ2) is 8.47. The number of hydrogen-bond donors (Lipinski definition) is 1. The van der Waals surface area contributed by atoms with Crippen molar-refractivity contribution in [1.82, 2.24) is 9.97 Å². The molecule has 1 unspecified atom stereocenters. The fourth-order valence-electron chi connectivity index (χ4n) is 2.50. The fraction of sp³-hybridized carbons (Fsp3) is 0.750. The van der Waals surface area contributed by atoms with Gasteiger partial charge in [-0.3, -0.25) is 0 Å². The lowest BCUT2D eigenvalue weighted by Gasteiger charge is -2.33. The summed E-state index contributed by atoms with van der Waals surface area (Å²) in [6.45, 7) is 9.80. The second-order valence-electron chi connectivity index (χ2n) is 5.55. The highest BCUT2D eigenvalue weighted by molar-refractivity contribution is 8.00. The lowest BCUT2D eigenvalue weighted by molar-refractivity contribution is 0.712. The van der Waals surface area contributed by atoms with Crippen molar-refractivity contribution < 1.29 is 0 Å². The van der Waals surface area contributed by atoms with E-state index in [4.69, 9.17) is 4.98 Å². The van der Waals surface area contributed by atoms with Crippen molar-refractivity contribution in [2.24, 2.45) is 0 Å². The molecule has 1 N–H and O–H groups in total. The maximum absolute atomic E-state index is 4.79. The summed E-state index contributed by atoms with van der Waals surface area (Å²) in [4.78, 5) is 11.9. The first-order chi connectivity index (χ1) is 10.3. The summed E-state index contributed by atoms with van der Waals surface area (Å²) < 4.78 is 0. The molecule has 1 fully saturated rings. The minimum Gasteiger partial charge on any atom is -0.370 e. The highest BCUT2D eigenvalue weighted by atomic mass is 32.2. The van der Waals surface area contributed by atoms with E-state index >= 15 is 0 Å². The number of anilines is 2. The fourth-order valence-corrected chi connectivity index (χ4v) is 3.68. The van der Waals surface area contributed by atoms with Crippen molar-refractivity contribution in [1.29, 1.82) is 0 Å². The molecule has 4 nitrogen and oxygen atoms in total. The number of hydrogen-bond acceptors (Lipinski definition) is 5. The van der Waals surface area contributed by atoms with Crippen LogP contribution in [0.2, 0.25) is 0 Å². The van der Waals surface area contributed by atoms with E-state index < -0.39 is 0 Å². The molecule has 0 saturated carbocycles. The summed E-state index contributed by atoms with van der Waals surface area (Å²) >= 11 is 2.09. The smallest absolute Gasteiger partial charge is 0.134 e. The molecule has 5 heteroatoms. The van der Waals surface area contributed by atoms with E-state index in [0.717, 1.165) is 61.6 Å². The minimum absolute atomic E-state index is 0.732. The van der Waals surface area contributed by atoms with Gasteiger partial charge in [-0.25, -0.2) is 9.97 Å². The third kappa shape index (κ3) is 4.77. The van der Waals surface area contributed by atoms with Gasteiger partial charge < -0.3 is 10.2 Å². The molecule has 1 aliphatic rings. The second-order valence-corrected chi connectivity index (χ2v) is 6.96. The molecular formula is C16H28N4S. The van der Waals surface area contributed by atoms with E-state index in [1.807, 2.05) is 0 Å². The first-order valence-corrected chi connectivity index (χ1v) is 9.30. The van der Waals surface area contributed by atoms with E-state index in [9.17, 15) is 0 Å². The van der Waals surface area contributed by atoms with E-state index in [1.165, 1.54) is 12.2 Å². The third-order valence-corrected chi connectivity index (χ3v) is 5.08. The normalized spacial score (nSPS) is 18.8. The monoisotopic (exact) mass is 308 g/mol. The quantitative estimate of drug-likeness (QED) is 0.834. The van der Waals surface area contributed by atoms with Crippen LogP contribution in [-0.4, -0.2) is 40.6 Å². The molecular weight excluding hydrogens is 280 g/mol. The molecule has 0 amide bonds. The zero-order chi connectivity index (χ0) is 15.1. The molecule has 2 heterocycles. The third-order valence-electron chi connectivity index (χ3n) is 3.71. The van der Waals surface area contributed by atoms with Crippen molar-refractivity contribution in [2.45, 2.75) is 51.7 Å². The van der Waals surface area contributed by atoms with Crippen LogP contribution in [0.1, 0.15) is 45.9 Å². The Bertz CT molecular complexity index is 438. The summed E-state index contributed by atoms with van der Waals surface area (Å²) in [6.07, 6.45) is 4.38. The summed E-state index contributed by atoms with van der Waals surface area (Å²) in [7, 11) is 0. The molecule has 21 heavy (non-hydrogen) atoms. The number of thioether (sulfide) groups is 1. The van der Waals surface area contributed by atoms with Crippen molar-refractivity contribution in [2.75, 3.05) is 35.6 Å². The molecule has 0 bridgehead atoms. The number of rotatable bonds is 7. The summed E-state index contributed by atoms with van der Waals surface area (Å²) in [5.74, 6) is 4.26. The van der Waals surface area contributed by atoms with Gasteiger partial charge in [0.25, 0.3) is 0 Å². The molecule has 0 radical (unpaired) electrons. The first-order valence-electron chi connectivity index (χ1n) is 8.25. The largest absolute Gasteiger partial charge is 0.370 e. The van der Waals surface area contributed by atoms with Gasteiger partial charge in [0.05, 0.1) is 0 Å². The van der Waals surface area contributed by atoms with Crippen molar-refractivity contribution in [3.8, 4) is 0 Å². The Morgan fingerprint density at radius 2 is 2.14 bits per heavy atom. The average Bonchev–Trinajstić information content (AvgIpc) is 2.53. The molecule has 0 spiro atoms. The Labute approximate surface area is 133 Å². The topological polar surface area (TPSA) is 41.0 Å². The number of nitrogens with one attached hydrogen (secondary N) is 1. The standard InChI is InChI=1S/C16H28N4S/c1-4-7-14-18-15(17-8-5-2)11-16(19-14)20-9-10-21-13(6-3)12-20/h11,13H,4-10,12H2,1-3H3,(H,17,18,19). The predicted octanol–water partition coefficient (Wildman–Crippen LogP) is 3.58. The van der Waals surface area contributed by atoms with Crippen LogP contribution >= 0.6 is 11.8 Å². The molecule has 1 aromatic rings. The average molecular weight is 308 g/mol. The molecule has 2 rings (SSSR count). The summed E-state index contributed by atoms with van der Waals surface area (Å²) in [6, 6.07) is 2.12. The van der Waals surface area contributed by atoms with Gasteiger partial charge in [-0.15, -0.1) is 0 Å². The van der Waals surface area contributed by atoms with Crippen molar-refractivity contribution >= 4 is 23.4 Å². The molecule has 0 aliphatic carbocycles. The van der Waals surface area contributed by atoms with Crippen LogP contribution in [0.25, 0.3) is 0 Å². The molecule has 1 atom stereocenters. The lowest BCUT2D eigenvalue weighted by atomic mass is 10.2. The van der Waals surface area contributed by atoms with Gasteiger partial charge in [0.2, 0.25) is 0 Å². The Morgan fingerprint density at radius 3 is 2.86 bits per heavy atom. The highest BCUT2D eigenvalue weighted by Gasteiger charge is 2.21. The van der Waals surface area contributed by atoms with Crippen LogP contribution in [-0.2, 0) is 6.42 Å². The van der Waals surface area contributed by atoms with Crippen LogP contribution in [0.3, 0.4) is 0 Å². The Hall–Kier alpha value is -0.970. The van der Waals surface area contributed by atoms with Gasteiger partial charge in [-0.1, -0.05) is 20.8 Å². The predicted molar refractivity (Wildman–Crippen MR) is 93.6 cm³/mol. The zero-order valence-corrected chi connectivity index (χ0v) is 14.4. The van der Waals surface area contributed by atoms with Crippen molar-refractivity contribution in [3.05, 3.63) is 11.9 Å². The zero-order valence-electron chi connectivity index (χ0n) is 13.6. The maximum atomic E-state index is 4.79. The summed E-state index contributed by atoms with van der Waals surface area (Å²) in [5, 5.41) is 4.15. The van der Waals surface area contributed by atoms with E-state index in [0.29, 0.717) is 0 Å². The molecule has 1 aliphatic heterocycles. The van der Waals surface area contributed by atoms with Gasteiger partial charge in [0.15, 0.2) is 0 Å². The van der Waals surface area contributed by atoms with E-state index in [-0.39, 0.29) is 0 Å². The Balaban J connectivity index is 2.17. The lowest BCUT2D eigenvalue weighted by Crippen LogP contribution is -2.38. The molecule has 1 aromatic heterocycles. The van der Waals surface area contributed by atoms with Crippen molar-refractivity contribution in [3.63, 3.8) is 0 Å². The number of nitrogens with zero attached hydrogens (tertiary/aromatic N) is 3. The highest BCUT2D eigenvalue weighted by Crippen LogP contribution is 2.26. The minimum atomic E-state index is 0.732. The molecule has 1 saturated heterocycles. The van der Waals surface area contributed by atoms with Crippen LogP contribution in [0, 0.1) is 0 Å². The van der Waals surface area contributed by atoms with E-state index in [1.54, 1.807) is 0 Å². The van der Waals surface area contributed by atoms with Gasteiger partial charge in [0.1, 0.15) is 17.5 Å². The van der Waals surface area contributed by atoms with Gasteiger partial charge in [0, 0.05) is 43.1 Å². The van der Waals surface area contributed by atoms with Crippen LogP contribution in [0.4, 0.5) is 11.6 Å². The number of aromatic nitrogens is 2. The number of aryl methyl sites for hydroxylation is 1. The molecule has 0 aromatic carbocycles. The van der Waals surface area contributed by atoms with Gasteiger partial charge in [-0.2, -0.15) is 11.8 Å². The maximum Gasteiger partial charge on any atom is 0.134 e. The Kier molecular flexibility index (Phi) is 6.61. The SMILES string of the molecule is CCCNc1cc(N2CCSC(CC)C2)nc(CCC)n1. The van der Waals surface area contributed by atoms with Crippen LogP contribution in [0.15, 0.2) is 6.07 Å². The summed E-state index contributed by atoms with van der Waals surface area (Å²) in [5.41, 5.74) is 0. The van der Waals surface area contributed by atoms with E-state index in [2.05, 4.69) is 53.8 Å². The van der Waals surface area contributed by atoms with Gasteiger partial charge in [-0.05, 0) is 19.3 Å². The van der Waals surface area contributed by atoms with Crippen LogP contribution < -0.4 is 10.2 Å². The first kappa shape index (κ1) is 16.4. The molecule has 118 valence electrons.